The maximum Gasteiger partial charge on any atom is 0.227 e. The Morgan fingerprint density at radius 3 is 2.61 bits per heavy atom. The van der Waals surface area contributed by atoms with Gasteiger partial charge in [-0.15, -0.1) is 0 Å². The lowest BCUT2D eigenvalue weighted by atomic mass is 9.83. The van der Waals surface area contributed by atoms with Gasteiger partial charge in [-0.3, -0.25) is 0 Å². The fourth-order valence-corrected chi connectivity index (χ4v) is 5.14. The van der Waals surface area contributed by atoms with Crippen LogP contribution >= 0.6 is 0 Å². The fourth-order valence-electron chi connectivity index (χ4n) is 5.14. The van der Waals surface area contributed by atoms with Gasteiger partial charge in [0, 0.05) is 41.2 Å². The third-order valence-electron chi connectivity index (χ3n) is 6.82. The third-order valence-corrected chi connectivity index (χ3v) is 6.82. The first-order chi connectivity index (χ1) is 13.5. The van der Waals surface area contributed by atoms with E-state index in [1.165, 1.54) is 48.1 Å². The Balaban J connectivity index is 1.74. The molecule has 28 heavy (non-hydrogen) atoms. The predicted molar refractivity (Wildman–Crippen MR) is 115 cm³/mol. The van der Waals surface area contributed by atoms with Crippen molar-refractivity contribution in [2.75, 3.05) is 7.05 Å². The Bertz CT molecular complexity index is 1130. The Morgan fingerprint density at radius 2 is 1.82 bits per heavy atom. The molecule has 1 aromatic carbocycles. The molecule has 0 bridgehead atoms. The summed E-state index contributed by atoms with van der Waals surface area (Å²) >= 11 is 0. The summed E-state index contributed by atoms with van der Waals surface area (Å²) in [4.78, 5) is 7.23. The summed E-state index contributed by atoms with van der Waals surface area (Å²) in [6.07, 6.45) is 11.8. The molecule has 0 spiro atoms. The standard InChI is InChI=1S/C25H28N2O/c1-16-13-14-27(4)25(3,15-16)22-17(2)9-10-19-20-11-12-21(18-7-5-6-8-18)26-24(20)28-23(19)22/h9-15,18H,5-8H2,1-4H3. The first-order valence-electron chi connectivity index (χ1n) is 10.4. The van der Waals surface area contributed by atoms with Crippen LogP contribution in [-0.4, -0.2) is 16.9 Å². The van der Waals surface area contributed by atoms with Gasteiger partial charge in [-0.1, -0.05) is 36.6 Å². The molecule has 2 aromatic heterocycles. The van der Waals surface area contributed by atoms with Crippen molar-refractivity contribution >= 4 is 22.1 Å². The lowest BCUT2D eigenvalue weighted by Crippen LogP contribution is -2.38. The van der Waals surface area contributed by atoms with Gasteiger partial charge in [0.1, 0.15) is 5.58 Å². The van der Waals surface area contributed by atoms with Crippen molar-refractivity contribution < 1.29 is 4.42 Å². The van der Waals surface area contributed by atoms with Crippen LogP contribution < -0.4 is 0 Å². The van der Waals surface area contributed by atoms with E-state index < -0.39 is 0 Å². The molecule has 0 N–H and O–H groups in total. The minimum absolute atomic E-state index is 0.245. The molecule has 0 saturated heterocycles. The van der Waals surface area contributed by atoms with Crippen molar-refractivity contribution in [2.24, 2.45) is 0 Å². The lowest BCUT2D eigenvalue weighted by molar-refractivity contribution is 0.259. The van der Waals surface area contributed by atoms with E-state index in [1.807, 2.05) is 0 Å². The van der Waals surface area contributed by atoms with Crippen LogP contribution in [0.5, 0.6) is 0 Å². The van der Waals surface area contributed by atoms with Crippen molar-refractivity contribution in [3.05, 3.63) is 65.0 Å². The third kappa shape index (κ3) is 2.52. The summed E-state index contributed by atoms with van der Waals surface area (Å²) in [5, 5.41) is 2.28. The molecular formula is C25H28N2O. The van der Waals surface area contributed by atoms with Crippen LogP contribution in [0.25, 0.3) is 22.1 Å². The number of pyridine rings is 1. The quantitative estimate of drug-likeness (QED) is 0.509. The molecule has 2 aliphatic rings. The van der Waals surface area contributed by atoms with E-state index in [9.17, 15) is 0 Å². The molecule has 1 unspecified atom stereocenters. The number of fused-ring (bicyclic) bond motifs is 3. The number of nitrogens with zero attached hydrogens (tertiary/aromatic N) is 2. The maximum absolute atomic E-state index is 6.48. The monoisotopic (exact) mass is 372 g/mol. The van der Waals surface area contributed by atoms with E-state index in [0.29, 0.717) is 5.92 Å². The number of hydrogen-bond acceptors (Lipinski definition) is 3. The first-order valence-corrected chi connectivity index (χ1v) is 10.4. The average Bonchev–Trinajstić information content (AvgIpc) is 3.31. The summed E-state index contributed by atoms with van der Waals surface area (Å²) < 4.78 is 6.48. The van der Waals surface area contributed by atoms with E-state index in [4.69, 9.17) is 9.40 Å². The molecule has 3 heteroatoms. The van der Waals surface area contributed by atoms with Gasteiger partial charge in [-0.2, -0.15) is 0 Å². The van der Waals surface area contributed by atoms with Gasteiger partial charge in [-0.25, -0.2) is 4.98 Å². The van der Waals surface area contributed by atoms with E-state index in [0.717, 1.165) is 22.1 Å². The van der Waals surface area contributed by atoms with Gasteiger partial charge >= 0.3 is 0 Å². The average molecular weight is 373 g/mol. The van der Waals surface area contributed by atoms with Crippen molar-refractivity contribution in [1.82, 2.24) is 9.88 Å². The fraction of sp³-hybridized carbons (Fsp3) is 0.400. The molecule has 3 heterocycles. The number of likely N-dealkylation sites (N-methyl/N-ethyl adjacent to an activating group) is 1. The number of rotatable bonds is 2. The number of aromatic nitrogens is 1. The molecule has 0 radical (unpaired) electrons. The zero-order valence-electron chi connectivity index (χ0n) is 17.2. The highest BCUT2D eigenvalue weighted by Crippen LogP contribution is 2.42. The van der Waals surface area contributed by atoms with Crippen LogP contribution in [0.15, 0.2) is 52.6 Å². The second kappa shape index (κ2) is 6.23. The Labute approximate surface area is 166 Å². The Hall–Kier alpha value is -2.55. The van der Waals surface area contributed by atoms with Crippen LogP contribution in [0.4, 0.5) is 0 Å². The number of benzene rings is 1. The molecule has 144 valence electrons. The highest BCUT2D eigenvalue weighted by molar-refractivity contribution is 6.05. The second-order valence-corrected chi connectivity index (χ2v) is 8.77. The molecule has 0 amide bonds. The zero-order valence-corrected chi connectivity index (χ0v) is 17.2. The van der Waals surface area contributed by atoms with E-state index >= 15 is 0 Å². The highest BCUT2D eigenvalue weighted by atomic mass is 16.3. The van der Waals surface area contributed by atoms with E-state index in [2.05, 4.69) is 75.3 Å². The van der Waals surface area contributed by atoms with Gasteiger partial charge in [0.25, 0.3) is 0 Å². The van der Waals surface area contributed by atoms with Crippen molar-refractivity contribution in [2.45, 2.75) is 57.9 Å². The van der Waals surface area contributed by atoms with E-state index in [-0.39, 0.29) is 5.54 Å². The smallest absolute Gasteiger partial charge is 0.227 e. The molecule has 1 fully saturated rings. The topological polar surface area (TPSA) is 29.3 Å². The van der Waals surface area contributed by atoms with Gasteiger partial charge in [0.2, 0.25) is 5.71 Å². The molecular weight excluding hydrogens is 344 g/mol. The molecule has 1 atom stereocenters. The van der Waals surface area contributed by atoms with Gasteiger partial charge in [0.15, 0.2) is 0 Å². The minimum Gasteiger partial charge on any atom is -0.437 e. The molecule has 1 aliphatic heterocycles. The van der Waals surface area contributed by atoms with Gasteiger partial charge < -0.3 is 9.32 Å². The summed E-state index contributed by atoms with van der Waals surface area (Å²) in [6.45, 7) is 6.61. The predicted octanol–water partition coefficient (Wildman–Crippen LogP) is 6.57. The first kappa shape index (κ1) is 17.5. The van der Waals surface area contributed by atoms with Gasteiger partial charge in [-0.05, 0) is 57.4 Å². The zero-order chi connectivity index (χ0) is 19.5. The number of allylic oxidation sites excluding steroid dienone is 2. The van der Waals surface area contributed by atoms with Crippen molar-refractivity contribution in [3.8, 4) is 0 Å². The molecule has 3 nitrogen and oxygen atoms in total. The number of aryl methyl sites for hydroxylation is 1. The van der Waals surface area contributed by atoms with Crippen LogP contribution in [0.2, 0.25) is 0 Å². The summed E-state index contributed by atoms with van der Waals surface area (Å²) in [6, 6.07) is 8.84. The van der Waals surface area contributed by atoms with Crippen LogP contribution in [0, 0.1) is 6.92 Å². The molecule has 1 aliphatic carbocycles. The Morgan fingerprint density at radius 1 is 1.07 bits per heavy atom. The number of hydrogen-bond donors (Lipinski definition) is 0. The van der Waals surface area contributed by atoms with Gasteiger partial charge in [0.05, 0.1) is 5.54 Å². The highest BCUT2D eigenvalue weighted by Gasteiger charge is 2.34. The number of furan rings is 1. The SMILES string of the molecule is CC1=CC(C)(c2c(C)ccc3c2oc2nc(C4CCCC4)ccc23)N(C)C=C1. The summed E-state index contributed by atoms with van der Waals surface area (Å²) in [7, 11) is 2.14. The second-order valence-electron chi connectivity index (χ2n) is 8.77. The normalized spacial score (nSPS) is 23.1. The van der Waals surface area contributed by atoms with E-state index in [1.54, 1.807) is 0 Å². The summed E-state index contributed by atoms with van der Waals surface area (Å²) in [5.74, 6) is 0.594. The largest absolute Gasteiger partial charge is 0.437 e. The molecule has 5 rings (SSSR count). The van der Waals surface area contributed by atoms with Crippen LogP contribution in [0.1, 0.15) is 62.3 Å². The molecule has 3 aromatic rings. The summed E-state index contributed by atoms with van der Waals surface area (Å²) in [5.41, 5.74) is 6.46. The van der Waals surface area contributed by atoms with Crippen molar-refractivity contribution in [3.63, 3.8) is 0 Å². The van der Waals surface area contributed by atoms with Crippen LogP contribution in [0.3, 0.4) is 0 Å². The Kier molecular flexibility index (Phi) is 3.90. The van der Waals surface area contributed by atoms with Crippen molar-refractivity contribution in [1.29, 1.82) is 0 Å². The van der Waals surface area contributed by atoms with Crippen LogP contribution in [-0.2, 0) is 5.54 Å². The molecule has 1 saturated carbocycles. The lowest BCUT2D eigenvalue weighted by Gasteiger charge is -2.39. The minimum atomic E-state index is -0.245. The maximum atomic E-state index is 6.48.